The maximum atomic E-state index is 13.2. The third-order valence-corrected chi connectivity index (χ3v) is 3.59. The molecule has 0 aliphatic heterocycles. The van der Waals surface area contributed by atoms with Crippen molar-refractivity contribution in [3.05, 3.63) is 35.4 Å². The second kappa shape index (κ2) is 7.33. The molecule has 1 aromatic carbocycles. The van der Waals surface area contributed by atoms with Crippen LogP contribution in [0, 0.1) is 11.6 Å². The van der Waals surface area contributed by atoms with Gasteiger partial charge in [-0.25, -0.2) is 8.78 Å². The summed E-state index contributed by atoms with van der Waals surface area (Å²) in [5, 5.41) is 0. The Morgan fingerprint density at radius 1 is 1.20 bits per heavy atom. The number of hydrogen-bond acceptors (Lipinski definition) is 2. The molecular formula is C15H22F2N2O. The van der Waals surface area contributed by atoms with Crippen molar-refractivity contribution in [2.45, 2.75) is 26.8 Å². The number of halogens is 2. The minimum atomic E-state index is -0.863. The Kier molecular flexibility index (Phi) is 6.07. The average Bonchev–Trinajstić information content (AvgIpc) is 2.42. The van der Waals surface area contributed by atoms with Crippen molar-refractivity contribution in [2.75, 3.05) is 26.7 Å². The molecule has 0 bridgehead atoms. The van der Waals surface area contributed by atoms with E-state index in [-0.39, 0.29) is 18.5 Å². The zero-order chi connectivity index (χ0) is 15.3. The molecule has 112 valence electrons. The predicted molar refractivity (Wildman–Crippen MR) is 75.3 cm³/mol. The van der Waals surface area contributed by atoms with Gasteiger partial charge in [0.1, 0.15) is 0 Å². The predicted octanol–water partition coefficient (Wildman–Crippen LogP) is 2.83. The fourth-order valence-electron chi connectivity index (χ4n) is 2.05. The van der Waals surface area contributed by atoms with E-state index in [4.69, 9.17) is 0 Å². The van der Waals surface area contributed by atoms with E-state index >= 15 is 0 Å². The Labute approximate surface area is 119 Å². The highest BCUT2D eigenvalue weighted by Gasteiger charge is 2.18. The van der Waals surface area contributed by atoms with Crippen LogP contribution in [0.15, 0.2) is 18.2 Å². The fraction of sp³-hybridized carbons (Fsp3) is 0.533. The highest BCUT2D eigenvalue weighted by molar-refractivity contribution is 5.78. The summed E-state index contributed by atoms with van der Waals surface area (Å²) in [4.78, 5) is 15.6. The van der Waals surface area contributed by atoms with Crippen LogP contribution < -0.4 is 0 Å². The second-order valence-electron chi connectivity index (χ2n) is 4.83. The van der Waals surface area contributed by atoms with E-state index in [1.165, 1.54) is 6.07 Å². The maximum absolute atomic E-state index is 13.2. The molecule has 0 aliphatic carbocycles. The first kappa shape index (κ1) is 16.6. The van der Waals surface area contributed by atoms with Gasteiger partial charge in [-0.1, -0.05) is 6.07 Å². The quantitative estimate of drug-likeness (QED) is 0.802. The summed E-state index contributed by atoms with van der Waals surface area (Å²) >= 11 is 0. The lowest BCUT2D eigenvalue weighted by Gasteiger charge is -2.27. The second-order valence-corrected chi connectivity index (χ2v) is 4.83. The van der Waals surface area contributed by atoms with Crippen LogP contribution in [0.3, 0.4) is 0 Å². The standard InChI is InChI=1S/C15H22F2N2O/c1-5-19(6-2)15(20)10-18(4)11(3)12-7-8-13(16)14(17)9-12/h7-9,11H,5-6,10H2,1-4H3. The Balaban J connectivity index is 2.73. The molecule has 0 fully saturated rings. The normalized spacial score (nSPS) is 12.6. The van der Waals surface area contributed by atoms with Gasteiger partial charge in [0, 0.05) is 19.1 Å². The summed E-state index contributed by atoms with van der Waals surface area (Å²) in [7, 11) is 1.80. The van der Waals surface area contributed by atoms with Gasteiger partial charge < -0.3 is 4.90 Å². The van der Waals surface area contributed by atoms with Gasteiger partial charge in [0.05, 0.1) is 6.54 Å². The van der Waals surface area contributed by atoms with Gasteiger partial charge in [0.15, 0.2) is 11.6 Å². The number of hydrogen-bond donors (Lipinski definition) is 0. The molecule has 0 radical (unpaired) electrons. The first-order valence-electron chi connectivity index (χ1n) is 6.83. The maximum Gasteiger partial charge on any atom is 0.236 e. The van der Waals surface area contributed by atoms with Gasteiger partial charge in [-0.15, -0.1) is 0 Å². The number of carbonyl (C=O) groups excluding carboxylic acids is 1. The number of carbonyl (C=O) groups is 1. The number of likely N-dealkylation sites (N-methyl/N-ethyl adjacent to an activating group) is 2. The van der Waals surface area contributed by atoms with Crippen molar-refractivity contribution in [2.24, 2.45) is 0 Å². The molecule has 0 aromatic heterocycles. The van der Waals surface area contributed by atoms with Crippen LogP contribution in [-0.4, -0.2) is 42.4 Å². The molecule has 1 rings (SSSR count). The molecule has 3 nitrogen and oxygen atoms in total. The summed E-state index contributed by atoms with van der Waals surface area (Å²) in [6.45, 7) is 7.32. The van der Waals surface area contributed by atoms with Crippen LogP contribution >= 0.6 is 0 Å². The molecule has 1 unspecified atom stereocenters. The molecule has 1 amide bonds. The molecule has 1 aromatic rings. The lowest BCUT2D eigenvalue weighted by Crippen LogP contribution is -2.39. The van der Waals surface area contributed by atoms with Gasteiger partial charge in [0.25, 0.3) is 0 Å². The van der Waals surface area contributed by atoms with Gasteiger partial charge >= 0.3 is 0 Å². The number of amides is 1. The minimum absolute atomic E-state index is 0.0342. The Hall–Kier alpha value is -1.49. The van der Waals surface area contributed by atoms with Crippen molar-refractivity contribution >= 4 is 5.91 Å². The lowest BCUT2D eigenvalue weighted by atomic mass is 10.1. The Morgan fingerprint density at radius 3 is 2.30 bits per heavy atom. The molecule has 0 saturated heterocycles. The summed E-state index contributed by atoms with van der Waals surface area (Å²) in [5.41, 5.74) is 0.652. The molecule has 0 heterocycles. The summed E-state index contributed by atoms with van der Waals surface area (Å²) in [5.74, 6) is -1.69. The van der Waals surface area contributed by atoms with E-state index in [0.29, 0.717) is 18.7 Å². The third-order valence-electron chi connectivity index (χ3n) is 3.59. The fourth-order valence-corrected chi connectivity index (χ4v) is 2.05. The molecule has 1 atom stereocenters. The highest BCUT2D eigenvalue weighted by atomic mass is 19.2. The van der Waals surface area contributed by atoms with Crippen LogP contribution in [0.5, 0.6) is 0 Å². The Morgan fingerprint density at radius 2 is 1.80 bits per heavy atom. The van der Waals surface area contributed by atoms with E-state index in [2.05, 4.69) is 0 Å². The molecule has 0 aliphatic rings. The molecule has 5 heteroatoms. The monoisotopic (exact) mass is 284 g/mol. The SMILES string of the molecule is CCN(CC)C(=O)CN(C)C(C)c1ccc(F)c(F)c1. The molecule has 0 N–H and O–H groups in total. The molecule has 20 heavy (non-hydrogen) atoms. The number of nitrogens with zero attached hydrogens (tertiary/aromatic N) is 2. The van der Waals surface area contributed by atoms with Crippen LogP contribution in [-0.2, 0) is 4.79 Å². The van der Waals surface area contributed by atoms with E-state index in [1.54, 1.807) is 18.0 Å². The van der Waals surface area contributed by atoms with Crippen molar-refractivity contribution in [1.29, 1.82) is 0 Å². The third kappa shape index (κ3) is 4.00. The van der Waals surface area contributed by atoms with Gasteiger partial charge in [0.2, 0.25) is 5.91 Å². The average molecular weight is 284 g/mol. The van der Waals surface area contributed by atoms with Crippen LogP contribution in [0.1, 0.15) is 32.4 Å². The van der Waals surface area contributed by atoms with E-state index < -0.39 is 11.6 Å². The van der Waals surface area contributed by atoms with Gasteiger partial charge in [-0.05, 0) is 45.5 Å². The first-order valence-corrected chi connectivity index (χ1v) is 6.83. The van der Waals surface area contributed by atoms with E-state index in [0.717, 1.165) is 6.07 Å². The van der Waals surface area contributed by atoms with Gasteiger partial charge in [-0.3, -0.25) is 9.69 Å². The number of rotatable bonds is 6. The topological polar surface area (TPSA) is 23.6 Å². The smallest absolute Gasteiger partial charge is 0.236 e. The van der Waals surface area contributed by atoms with Crippen LogP contribution in [0.2, 0.25) is 0 Å². The first-order chi connectivity index (χ1) is 9.40. The molecule has 0 saturated carbocycles. The summed E-state index contributed by atoms with van der Waals surface area (Å²) in [6, 6.07) is 3.67. The van der Waals surface area contributed by atoms with Crippen molar-refractivity contribution in [3.63, 3.8) is 0 Å². The number of benzene rings is 1. The van der Waals surface area contributed by atoms with Crippen LogP contribution in [0.4, 0.5) is 8.78 Å². The summed E-state index contributed by atoms with van der Waals surface area (Å²) < 4.78 is 26.2. The molecule has 0 spiro atoms. The highest BCUT2D eigenvalue weighted by Crippen LogP contribution is 2.20. The van der Waals surface area contributed by atoms with Crippen molar-refractivity contribution in [3.8, 4) is 0 Å². The van der Waals surface area contributed by atoms with E-state index in [1.807, 2.05) is 25.7 Å². The Bertz CT molecular complexity index is 461. The molecular weight excluding hydrogens is 262 g/mol. The zero-order valence-electron chi connectivity index (χ0n) is 12.5. The largest absolute Gasteiger partial charge is 0.342 e. The van der Waals surface area contributed by atoms with Crippen molar-refractivity contribution < 1.29 is 13.6 Å². The van der Waals surface area contributed by atoms with E-state index in [9.17, 15) is 13.6 Å². The van der Waals surface area contributed by atoms with Crippen LogP contribution in [0.25, 0.3) is 0 Å². The lowest BCUT2D eigenvalue weighted by molar-refractivity contribution is -0.132. The zero-order valence-corrected chi connectivity index (χ0v) is 12.5. The summed E-state index contributed by atoms with van der Waals surface area (Å²) in [6.07, 6.45) is 0. The van der Waals surface area contributed by atoms with Crippen molar-refractivity contribution in [1.82, 2.24) is 9.80 Å². The van der Waals surface area contributed by atoms with Gasteiger partial charge in [-0.2, -0.15) is 0 Å². The minimum Gasteiger partial charge on any atom is -0.342 e.